The Bertz CT molecular complexity index is 1460. The lowest BCUT2D eigenvalue weighted by atomic mass is 9.95. The molecule has 0 saturated carbocycles. The van der Waals surface area contributed by atoms with Crippen LogP contribution in [-0.4, -0.2) is 21.8 Å². The summed E-state index contributed by atoms with van der Waals surface area (Å²) in [4.78, 5) is 32.7. The van der Waals surface area contributed by atoms with Gasteiger partial charge in [-0.3, -0.25) is 14.5 Å². The van der Waals surface area contributed by atoms with Gasteiger partial charge < -0.3 is 5.11 Å². The molecule has 1 N–H and O–H groups in total. The van der Waals surface area contributed by atoms with E-state index in [2.05, 4.69) is 33.9 Å². The predicted octanol–water partition coefficient (Wildman–Crippen LogP) is 6.90. The molecule has 1 saturated heterocycles. The number of ketones is 1. The molecule has 0 bridgehead atoms. The van der Waals surface area contributed by atoms with Crippen molar-refractivity contribution >= 4 is 71.7 Å². The number of aryl methyl sites for hydroxylation is 1. The lowest BCUT2D eigenvalue weighted by Gasteiger charge is -2.23. The third-order valence-corrected chi connectivity index (χ3v) is 7.60. The number of thiazole rings is 1. The SMILES string of the molecule is CCc1ccc2nc(N3C(=O)C(=O)C(=C(O)c4ccc(Cl)cc4)[C@@H]3c3ccc(Br)cc3)sc2c1. The van der Waals surface area contributed by atoms with E-state index in [9.17, 15) is 14.7 Å². The van der Waals surface area contributed by atoms with Crippen LogP contribution in [0.3, 0.4) is 0 Å². The van der Waals surface area contributed by atoms with Crippen LogP contribution >= 0.6 is 38.9 Å². The van der Waals surface area contributed by atoms with Crippen LogP contribution in [0, 0.1) is 0 Å². The van der Waals surface area contributed by atoms with E-state index in [0.29, 0.717) is 21.3 Å². The lowest BCUT2D eigenvalue weighted by Crippen LogP contribution is -2.29. The number of aliphatic hydroxyl groups excluding tert-OH is 1. The fourth-order valence-corrected chi connectivity index (χ4v) is 5.48. The first-order valence-corrected chi connectivity index (χ1v) is 12.6. The molecule has 34 heavy (non-hydrogen) atoms. The summed E-state index contributed by atoms with van der Waals surface area (Å²) >= 11 is 10.8. The first-order valence-electron chi connectivity index (χ1n) is 10.6. The Labute approximate surface area is 213 Å². The first-order chi connectivity index (χ1) is 16.4. The molecule has 1 aliphatic heterocycles. The zero-order valence-electron chi connectivity index (χ0n) is 18.0. The minimum absolute atomic E-state index is 0.0168. The summed E-state index contributed by atoms with van der Waals surface area (Å²) in [5, 5.41) is 12.1. The molecular weight excluding hydrogens is 536 g/mol. The molecule has 8 heteroatoms. The molecule has 5 nitrogen and oxygen atoms in total. The number of Topliss-reactive ketones (excluding diaryl/α,β-unsaturated/α-hetero) is 1. The minimum Gasteiger partial charge on any atom is -0.507 e. The van der Waals surface area contributed by atoms with Gasteiger partial charge in [-0.2, -0.15) is 0 Å². The molecule has 3 aromatic carbocycles. The summed E-state index contributed by atoms with van der Waals surface area (Å²) in [5.41, 5.74) is 3.03. The Morgan fingerprint density at radius 3 is 2.47 bits per heavy atom. The van der Waals surface area contributed by atoms with Gasteiger partial charge in [0.25, 0.3) is 5.78 Å². The van der Waals surface area contributed by atoms with Gasteiger partial charge in [0, 0.05) is 15.1 Å². The number of benzene rings is 3. The van der Waals surface area contributed by atoms with E-state index in [-0.39, 0.29) is 11.3 Å². The highest BCUT2D eigenvalue weighted by atomic mass is 79.9. The number of hydrogen-bond acceptors (Lipinski definition) is 5. The number of anilines is 1. The number of halogens is 2. The molecule has 0 radical (unpaired) electrons. The van der Waals surface area contributed by atoms with E-state index in [1.807, 2.05) is 36.4 Å². The highest BCUT2D eigenvalue weighted by molar-refractivity contribution is 9.10. The molecule has 170 valence electrons. The van der Waals surface area contributed by atoms with Gasteiger partial charge in [-0.25, -0.2) is 4.98 Å². The Hall–Kier alpha value is -3.00. The predicted molar refractivity (Wildman–Crippen MR) is 139 cm³/mol. The maximum atomic E-state index is 13.3. The second-order valence-corrected chi connectivity index (χ2v) is 10.2. The van der Waals surface area contributed by atoms with Crippen LogP contribution in [0.1, 0.15) is 29.7 Å². The van der Waals surface area contributed by atoms with Gasteiger partial charge in [-0.05, 0) is 66.1 Å². The molecule has 1 aromatic heterocycles. The molecule has 5 rings (SSSR count). The van der Waals surface area contributed by atoms with Crippen molar-refractivity contribution in [2.45, 2.75) is 19.4 Å². The third-order valence-electron chi connectivity index (χ3n) is 5.80. The first kappa shape index (κ1) is 22.8. The van der Waals surface area contributed by atoms with Gasteiger partial charge in [0.1, 0.15) is 5.76 Å². The standard InChI is InChI=1S/C26H18BrClN2O3S/c1-2-14-3-12-19-20(13-14)34-26(29-19)30-22(15-4-8-17(27)9-5-15)21(24(32)25(30)33)23(31)16-6-10-18(28)11-7-16/h3-13,22,31H,2H2,1H3/t22-/m0/s1. The van der Waals surface area contributed by atoms with Crippen LogP contribution < -0.4 is 4.90 Å². The number of rotatable bonds is 4. The van der Waals surface area contributed by atoms with Crippen molar-refractivity contribution in [3.8, 4) is 0 Å². The molecular formula is C26H18BrClN2O3S. The number of amides is 1. The second kappa shape index (κ2) is 8.98. The van der Waals surface area contributed by atoms with Crippen molar-refractivity contribution in [2.75, 3.05) is 4.90 Å². The molecule has 4 aromatic rings. The number of fused-ring (bicyclic) bond motifs is 1. The van der Waals surface area contributed by atoms with E-state index in [0.717, 1.165) is 26.7 Å². The molecule has 2 heterocycles. The molecule has 0 aliphatic carbocycles. The van der Waals surface area contributed by atoms with E-state index >= 15 is 0 Å². The monoisotopic (exact) mass is 552 g/mol. The van der Waals surface area contributed by atoms with Crippen molar-refractivity contribution < 1.29 is 14.7 Å². The van der Waals surface area contributed by atoms with Gasteiger partial charge in [-0.15, -0.1) is 0 Å². The van der Waals surface area contributed by atoms with Crippen molar-refractivity contribution in [2.24, 2.45) is 0 Å². The fourth-order valence-electron chi connectivity index (χ4n) is 4.03. The summed E-state index contributed by atoms with van der Waals surface area (Å²) in [7, 11) is 0. The van der Waals surface area contributed by atoms with Gasteiger partial charge in [0.2, 0.25) is 0 Å². The van der Waals surface area contributed by atoms with E-state index in [4.69, 9.17) is 11.6 Å². The molecule has 0 spiro atoms. The average Bonchev–Trinajstić information content (AvgIpc) is 3.37. The lowest BCUT2D eigenvalue weighted by molar-refractivity contribution is -0.132. The minimum atomic E-state index is -0.824. The second-order valence-electron chi connectivity index (χ2n) is 7.88. The van der Waals surface area contributed by atoms with Crippen molar-refractivity contribution in [1.82, 2.24) is 4.98 Å². The molecule has 1 amide bonds. The maximum absolute atomic E-state index is 13.3. The topological polar surface area (TPSA) is 70.5 Å². The van der Waals surface area contributed by atoms with Crippen molar-refractivity contribution in [1.29, 1.82) is 0 Å². The maximum Gasteiger partial charge on any atom is 0.301 e. The van der Waals surface area contributed by atoms with Crippen LogP contribution in [0.25, 0.3) is 16.0 Å². The average molecular weight is 554 g/mol. The highest BCUT2D eigenvalue weighted by Gasteiger charge is 2.48. The largest absolute Gasteiger partial charge is 0.507 e. The number of nitrogens with zero attached hydrogens (tertiary/aromatic N) is 2. The summed E-state index contributed by atoms with van der Waals surface area (Å²) in [5.74, 6) is -1.73. The molecule has 1 atom stereocenters. The van der Waals surface area contributed by atoms with E-state index in [1.54, 1.807) is 24.3 Å². The van der Waals surface area contributed by atoms with Crippen LogP contribution in [0.5, 0.6) is 0 Å². The zero-order valence-corrected chi connectivity index (χ0v) is 21.1. The zero-order chi connectivity index (χ0) is 24.0. The number of aliphatic hydroxyl groups is 1. The van der Waals surface area contributed by atoms with E-state index in [1.165, 1.54) is 16.2 Å². The third kappa shape index (κ3) is 3.94. The quantitative estimate of drug-likeness (QED) is 0.169. The Kier molecular flexibility index (Phi) is 6.02. The highest BCUT2D eigenvalue weighted by Crippen LogP contribution is 2.44. The Balaban J connectivity index is 1.71. The van der Waals surface area contributed by atoms with Crippen LogP contribution in [0.15, 0.2) is 76.8 Å². The number of aromatic nitrogens is 1. The summed E-state index contributed by atoms with van der Waals surface area (Å²) in [6.07, 6.45) is 0.883. The Morgan fingerprint density at radius 2 is 1.79 bits per heavy atom. The Morgan fingerprint density at radius 1 is 1.09 bits per heavy atom. The van der Waals surface area contributed by atoms with Crippen LogP contribution in [0.4, 0.5) is 5.13 Å². The normalized spacial score (nSPS) is 17.6. The summed E-state index contributed by atoms with van der Waals surface area (Å²) in [6.45, 7) is 2.08. The number of carbonyl (C=O) groups is 2. The molecule has 1 aliphatic rings. The fraction of sp³-hybridized carbons (Fsp3) is 0.115. The number of hydrogen-bond donors (Lipinski definition) is 1. The van der Waals surface area contributed by atoms with Crippen LogP contribution in [-0.2, 0) is 16.0 Å². The summed E-state index contributed by atoms with van der Waals surface area (Å²) < 4.78 is 1.79. The van der Waals surface area contributed by atoms with Crippen molar-refractivity contribution in [3.63, 3.8) is 0 Å². The van der Waals surface area contributed by atoms with Crippen molar-refractivity contribution in [3.05, 3.63) is 98.5 Å². The van der Waals surface area contributed by atoms with Crippen LogP contribution in [0.2, 0.25) is 5.02 Å². The molecule has 1 fully saturated rings. The summed E-state index contributed by atoms with van der Waals surface area (Å²) in [6, 6.07) is 19.0. The number of carbonyl (C=O) groups excluding carboxylic acids is 2. The van der Waals surface area contributed by atoms with Gasteiger partial charge in [0.15, 0.2) is 5.13 Å². The van der Waals surface area contributed by atoms with E-state index < -0.39 is 17.7 Å². The smallest absolute Gasteiger partial charge is 0.301 e. The van der Waals surface area contributed by atoms with Gasteiger partial charge >= 0.3 is 5.91 Å². The van der Waals surface area contributed by atoms with Gasteiger partial charge in [-0.1, -0.05) is 64.0 Å². The molecule has 0 unspecified atom stereocenters. The van der Waals surface area contributed by atoms with Gasteiger partial charge in [0.05, 0.1) is 21.8 Å².